The molecule has 1 heterocycles. The molecule has 0 amide bonds. The van der Waals surface area contributed by atoms with Gasteiger partial charge in [-0.05, 0) is 49.3 Å². The van der Waals surface area contributed by atoms with Crippen LogP contribution >= 0.6 is 12.2 Å². The maximum absolute atomic E-state index is 11.8. The number of thiocarbonyl (C=S) groups is 1. The second-order valence-electron chi connectivity index (χ2n) is 5.76. The summed E-state index contributed by atoms with van der Waals surface area (Å²) in [5.74, 6) is 1.23. The molecule has 7 heteroatoms. The molecule has 1 atom stereocenters. The number of hydrogen-bond acceptors (Lipinski definition) is 4. The summed E-state index contributed by atoms with van der Waals surface area (Å²) in [7, 11) is -1.30. The number of nitrogens with one attached hydrogen (secondary N) is 1. The Morgan fingerprint density at radius 3 is 2.61 bits per heavy atom. The van der Waals surface area contributed by atoms with E-state index in [1.54, 1.807) is 7.11 Å². The minimum atomic E-state index is -2.93. The Balaban J connectivity index is 2.06. The van der Waals surface area contributed by atoms with Crippen molar-refractivity contribution in [3.8, 4) is 5.75 Å². The molecule has 1 aliphatic rings. The molecule has 128 valence electrons. The molecular weight excluding hydrogens is 332 g/mol. The summed E-state index contributed by atoms with van der Waals surface area (Å²) in [5, 5.41) is 3.80. The van der Waals surface area contributed by atoms with Crippen molar-refractivity contribution in [2.45, 2.75) is 32.2 Å². The number of anilines is 1. The molecule has 0 unspecified atom stereocenters. The Labute approximate surface area is 143 Å². The van der Waals surface area contributed by atoms with Gasteiger partial charge in [0.1, 0.15) is 5.75 Å². The van der Waals surface area contributed by atoms with E-state index in [0.717, 1.165) is 30.8 Å². The summed E-state index contributed by atoms with van der Waals surface area (Å²) in [6, 6.07) is 7.50. The van der Waals surface area contributed by atoms with Gasteiger partial charge in [-0.3, -0.25) is 0 Å². The maximum atomic E-state index is 11.8. The number of sulfone groups is 1. The number of nitrogens with zero attached hydrogens (tertiary/aromatic N) is 1. The number of ether oxygens (including phenoxy) is 1. The largest absolute Gasteiger partial charge is 0.497 e. The molecular formula is C16H24N2O3S2. The normalized spacial score (nSPS) is 19.3. The minimum Gasteiger partial charge on any atom is -0.497 e. The SMILES string of the molecule is CCCCN(C(=S)Nc1ccc(OC)cc1)[C@@H]1CCS(=O)(=O)C1. The second kappa shape index (κ2) is 7.97. The van der Waals surface area contributed by atoms with Gasteiger partial charge in [0, 0.05) is 18.3 Å². The maximum Gasteiger partial charge on any atom is 0.173 e. The van der Waals surface area contributed by atoms with Crippen LogP contribution < -0.4 is 10.1 Å². The summed E-state index contributed by atoms with van der Waals surface area (Å²) in [4.78, 5) is 2.04. The molecule has 0 bridgehead atoms. The van der Waals surface area contributed by atoms with E-state index in [0.29, 0.717) is 11.5 Å². The molecule has 0 aromatic heterocycles. The molecule has 0 saturated carbocycles. The van der Waals surface area contributed by atoms with Crippen LogP contribution in [0.3, 0.4) is 0 Å². The van der Waals surface area contributed by atoms with Crippen LogP contribution in [0.4, 0.5) is 5.69 Å². The standard InChI is InChI=1S/C16H24N2O3S2/c1-3-4-10-18(14-9-11-23(19,20)12-14)16(22)17-13-5-7-15(21-2)8-6-13/h5-8,14H,3-4,9-12H2,1-2H3,(H,17,22)/t14-/m1/s1. The first kappa shape index (κ1) is 18.0. The molecule has 2 rings (SSSR count). The number of unbranched alkanes of at least 4 members (excludes halogenated alkanes) is 1. The Bertz CT molecular complexity index is 629. The molecule has 23 heavy (non-hydrogen) atoms. The van der Waals surface area contributed by atoms with Crippen molar-refractivity contribution in [3.05, 3.63) is 24.3 Å². The van der Waals surface area contributed by atoms with Crippen molar-refractivity contribution in [2.75, 3.05) is 30.5 Å². The van der Waals surface area contributed by atoms with Crippen LogP contribution in [0, 0.1) is 0 Å². The lowest BCUT2D eigenvalue weighted by atomic mass is 10.2. The van der Waals surface area contributed by atoms with E-state index >= 15 is 0 Å². The van der Waals surface area contributed by atoms with Crippen molar-refractivity contribution < 1.29 is 13.2 Å². The smallest absolute Gasteiger partial charge is 0.173 e. The zero-order chi connectivity index (χ0) is 16.9. The minimum absolute atomic E-state index is 0.0233. The van der Waals surface area contributed by atoms with Gasteiger partial charge in [0.15, 0.2) is 14.9 Å². The van der Waals surface area contributed by atoms with Gasteiger partial charge in [-0.15, -0.1) is 0 Å². The van der Waals surface area contributed by atoms with Crippen LogP contribution in [-0.4, -0.2) is 49.6 Å². The van der Waals surface area contributed by atoms with Crippen LogP contribution in [0.5, 0.6) is 5.75 Å². The van der Waals surface area contributed by atoms with Gasteiger partial charge in [0.2, 0.25) is 0 Å². The summed E-state index contributed by atoms with van der Waals surface area (Å²) in [5.41, 5.74) is 0.873. The zero-order valence-electron chi connectivity index (χ0n) is 13.6. The fourth-order valence-electron chi connectivity index (χ4n) is 2.67. The highest BCUT2D eigenvalue weighted by Crippen LogP contribution is 2.21. The van der Waals surface area contributed by atoms with E-state index in [9.17, 15) is 8.42 Å². The van der Waals surface area contributed by atoms with Crippen molar-refractivity contribution in [1.29, 1.82) is 0 Å². The number of methoxy groups -OCH3 is 1. The summed E-state index contributed by atoms with van der Waals surface area (Å²) in [6.45, 7) is 2.89. The number of hydrogen-bond donors (Lipinski definition) is 1. The Kier molecular flexibility index (Phi) is 6.24. The Morgan fingerprint density at radius 1 is 1.39 bits per heavy atom. The van der Waals surface area contributed by atoms with Crippen LogP contribution in [0.2, 0.25) is 0 Å². The fourth-order valence-corrected chi connectivity index (χ4v) is 4.76. The first-order chi connectivity index (χ1) is 10.9. The summed E-state index contributed by atoms with van der Waals surface area (Å²) >= 11 is 5.53. The third-order valence-corrected chi connectivity index (χ3v) is 6.09. The topological polar surface area (TPSA) is 58.6 Å². The van der Waals surface area contributed by atoms with Gasteiger partial charge in [0.05, 0.1) is 18.6 Å². The molecule has 0 radical (unpaired) electrons. The van der Waals surface area contributed by atoms with Crippen LogP contribution in [0.1, 0.15) is 26.2 Å². The fraction of sp³-hybridized carbons (Fsp3) is 0.562. The van der Waals surface area contributed by atoms with Crippen molar-refractivity contribution >= 4 is 32.9 Å². The number of benzene rings is 1. The lowest BCUT2D eigenvalue weighted by Crippen LogP contribution is -2.44. The summed E-state index contributed by atoms with van der Waals surface area (Å²) < 4.78 is 28.7. The van der Waals surface area contributed by atoms with Gasteiger partial charge in [-0.1, -0.05) is 13.3 Å². The van der Waals surface area contributed by atoms with E-state index in [2.05, 4.69) is 12.2 Å². The van der Waals surface area contributed by atoms with Crippen molar-refractivity contribution in [2.24, 2.45) is 0 Å². The molecule has 1 aromatic rings. The monoisotopic (exact) mass is 356 g/mol. The van der Waals surface area contributed by atoms with Gasteiger partial charge in [0.25, 0.3) is 0 Å². The molecule has 5 nitrogen and oxygen atoms in total. The predicted molar refractivity (Wildman–Crippen MR) is 97.9 cm³/mol. The molecule has 1 saturated heterocycles. The Morgan fingerprint density at radius 2 is 2.09 bits per heavy atom. The zero-order valence-corrected chi connectivity index (χ0v) is 15.3. The summed E-state index contributed by atoms with van der Waals surface area (Å²) in [6.07, 6.45) is 2.68. The molecule has 1 aromatic carbocycles. The quantitative estimate of drug-likeness (QED) is 0.791. The van der Waals surface area contributed by atoms with Crippen LogP contribution in [0.15, 0.2) is 24.3 Å². The lowest BCUT2D eigenvalue weighted by molar-refractivity contribution is 0.333. The van der Waals surface area contributed by atoms with Crippen LogP contribution in [0.25, 0.3) is 0 Å². The van der Waals surface area contributed by atoms with Crippen LogP contribution in [-0.2, 0) is 9.84 Å². The molecule has 1 N–H and O–H groups in total. The van der Waals surface area contributed by atoms with Crippen molar-refractivity contribution in [1.82, 2.24) is 4.90 Å². The molecule has 0 aliphatic carbocycles. The van der Waals surface area contributed by atoms with Gasteiger partial charge in [-0.25, -0.2) is 8.42 Å². The van der Waals surface area contributed by atoms with E-state index < -0.39 is 9.84 Å². The van der Waals surface area contributed by atoms with E-state index in [4.69, 9.17) is 17.0 Å². The molecule has 1 aliphatic heterocycles. The first-order valence-electron chi connectivity index (χ1n) is 7.87. The van der Waals surface area contributed by atoms with E-state index in [-0.39, 0.29) is 17.5 Å². The highest BCUT2D eigenvalue weighted by atomic mass is 32.2. The van der Waals surface area contributed by atoms with Crippen molar-refractivity contribution in [3.63, 3.8) is 0 Å². The Hall–Kier alpha value is -1.34. The average molecular weight is 357 g/mol. The highest BCUT2D eigenvalue weighted by Gasteiger charge is 2.33. The second-order valence-corrected chi connectivity index (χ2v) is 8.38. The highest BCUT2D eigenvalue weighted by molar-refractivity contribution is 7.91. The van der Waals surface area contributed by atoms with E-state index in [1.807, 2.05) is 29.2 Å². The van der Waals surface area contributed by atoms with Gasteiger partial charge in [-0.2, -0.15) is 0 Å². The first-order valence-corrected chi connectivity index (χ1v) is 10.1. The third kappa shape index (κ3) is 5.07. The third-order valence-electron chi connectivity index (χ3n) is 4.00. The lowest BCUT2D eigenvalue weighted by Gasteiger charge is -2.31. The molecule has 1 fully saturated rings. The predicted octanol–water partition coefficient (Wildman–Crippen LogP) is 2.68. The van der Waals surface area contributed by atoms with Gasteiger partial charge < -0.3 is 15.0 Å². The molecule has 0 spiro atoms. The number of rotatable bonds is 6. The average Bonchev–Trinajstić information content (AvgIpc) is 2.88. The van der Waals surface area contributed by atoms with E-state index in [1.165, 1.54) is 0 Å². The van der Waals surface area contributed by atoms with Gasteiger partial charge >= 0.3 is 0 Å².